The van der Waals surface area contributed by atoms with E-state index in [4.69, 9.17) is 6.42 Å². The summed E-state index contributed by atoms with van der Waals surface area (Å²) in [7, 11) is 0. The predicted molar refractivity (Wildman–Crippen MR) is 111 cm³/mol. The molecule has 2 aromatic carbocycles. The number of aryl methyl sites for hydroxylation is 1. The van der Waals surface area contributed by atoms with Crippen LogP contribution in [0.25, 0.3) is 10.2 Å². The second-order valence-corrected chi connectivity index (χ2v) is 8.92. The van der Waals surface area contributed by atoms with Gasteiger partial charge in [0.25, 0.3) is 5.91 Å². The van der Waals surface area contributed by atoms with Gasteiger partial charge in [0.05, 0.1) is 16.8 Å². The molecule has 0 N–H and O–H groups in total. The predicted octanol–water partition coefficient (Wildman–Crippen LogP) is 4.89. The number of carbonyl (C=O) groups excluding carboxylic acids is 1. The molecule has 0 unspecified atom stereocenters. The van der Waals surface area contributed by atoms with Crippen LogP contribution in [0.5, 0.6) is 0 Å². The zero-order valence-corrected chi connectivity index (χ0v) is 16.7. The summed E-state index contributed by atoms with van der Waals surface area (Å²) in [5, 5.41) is 0.459. The molecule has 0 aliphatic rings. The highest BCUT2D eigenvalue weighted by atomic mass is 32.2. The summed E-state index contributed by atoms with van der Waals surface area (Å²) in [6, 6.07) is 13.8. The van der Waals surface area contributed by atoms with Crippen molar-refractivity contribution in [2.45, 2.75) is 37.5 Å². The van der Waals surface area contributed by atoms with Gasteiger partial charge in [-0.05, 0) is 42.8 Å². The summed E-state index contributed by atoms with van der Waals surface area (Å²) in [5.41, 5.74) is 2.77. The van der Waals surface area contributed by atoms with Gasteiger partial charge in [0.1, 0.15) is 0 Å². The first-order valence-corrected chi connectivity index (χ1v) is 10.1. The highest BCUT2D eigenvalue weighted by Crippen LogP contribution is 2.24. The maximum Gasteiger partial charge on any atom is 0.279 e. The van der Waals surface area contributed by atoms with E-state index in [9.17, 15) is 4.79 Å². The van der Waals surface area contributed by atoms with Gasteiger partial charge < -0.3 is 4.57 Å². The van der Waals surface area contributed by atoms with E-state index in [0.717, 1.165) is 15.1 Å². The first-order chi connectivity index (χ1) is 12.5. The molecule has 0 bridgehead atoms. The summed E-state index contributed by atoms with van der Waals surface area (Å²) >= 11 is 3.22. The van der Waals surface area contributed by atoms with Gasteiger partial charge in [-0.25, -0.2) is 0 Å². The molecule has 0 aliphatic carbocycles. The van der Waals surface area contributed by atoms with Gasteiger partial charge in [-0.1, -0.05) is 43.2 Å². The molecule has 1 heterocycles. The third kappa shape index (κ3) is 4.09. The molecule has 0 aliphatic heterocycles. The van der Waals surface area contributed by atoms with Crippen molar-refractivity contribution in [3.8, 4) is 12.3 Å². The lowest BCUT2D eigenvalue weighted by atomic mass is 10.2. The van der Waals surface area contributed by atoms with Crippen molar-refractivity contribution in [3.63, 3.8) is 0 Å². The summed E-state index contributed by atoms with van der Waals surface area (Å²) in [6.07, 6.45) is 5.52. The van der Waals surface area contributed by atoms with Crippen LogP contribution in [0.1, 0.15) is 29.8 Å². The largest absolute Gasteiger partial charge is 0.305 e. The van der Waals surface area contributed by atoms with E-state index in [1.54, 1.807) is 17.8 Å². The molecule has 1 amide bonds. The summed E-state index contributed by atoms with van der Waals surface area (Å²) < 4.78 is 3.00. The number of rotatable bonds is 4. The molecule has 3 nitrogen and oxygen atoms in total. The van der Waals surface area contributed by atoms with Crippen LogP contribution in [0.15, 0.2) is 52.4 Å². The zero-order chi connectivity index (χ0) is 18.7. The topological polar surface area (TPSA) is 34.4 Å². The second kappa shape index (κ2) is 7.94. The Morgan fingerprint density at radius 3 is 2.85 bits per heavy atom. The lowest BCUT2D eigenvalue weighted by molar-refractivity contribution is 0.0997. The molecule has 3 aromatic rings. The fourth-order valence-corrected chi connectivity index (χ4v) is 4.66. The smallest absolute Gasteiger partial charge is 0.279 e. The minimum Gasteiger partial charge on any atom is -0.305 e. The van der Waals surface area contributed by atoms with Gasteiger partial charge in [-0.3, -0.25) is 4.79 Å². The van der Waals surface area contributed by atoms with Crippen LogP contribution in [-0.2, 0) is 6.54 Å². The van der Waals surface area contributed by atoms with Crippen molar-refractivity contribution in [2.75, 3.05) is 0 Å². The maximum absolute atomic E-state index is 12.7. The maximum atomic E-state index is 12.7. The Bertz CT molecular complexity index is 1070. The highest BCUT2D eigenvalue weighted by molar-refractivity contribution is 7.99. The Labute approximate surface area is 161 Å². The number of carbonyl (C=O) groups is 1. The number of aromatic nitrogens is 1. The standard InChI is InChI=1S/C21H20N2OS2/c1-5-11-23-18-10-9-15(4)12-19(18)26-21(23)22-20(24)16-7-6-8-17(13-16)25-14(2)3/h1,6-10,12-14H,11H2,2-4H3. The van der Waals surface area contributed by atoms with Crippen molar-refractivity contribution in [1.29, 1.82) is 0 Å². The van der Waals surface area contributed by atoms with E-state index < -0.39 is 0 Å². The van der Waals surface area contributed by atoms with E-state index in [2.05, 4.69) is 30.8 Å². The second-order valence-electron chi connectivity index (χ2n) is 6.26. The van der Waals surface area contributed by atoms with Crippen LogP contribution in [0.4, 0.5) is 0 Å². The summed E-state index contributed by atoms with van der Waals surface area (Å²) in [5.74, 6) is 2.41. The summed E-state index contributed by atoms with van der Waals surface area (Å²) in [6.45, 7) is 6.69. The number of thiazole rings is 1. The molecular weight excluding hydrogens is 360 g/mol. The van der Waals surface area contributed by atoms with Gasteiger partial charge in [0.2, 0.25) is 0 Å². The molecule has 1 aromatic heterocycles. The van der Waals surface area contributed by atoms with E-state index in [-0.39, 0.29) is 5.91 Å². The monoisotopic (exact) mass is 380 g/mol. The molecule has 0 spiro atoms. The minimum atomic E-state index is -0.245. The van der Waals surface area contributed by atoms with Crippen LogP contribution >= 0.6 is 23.1 Å². The molecule has 0 atom stereocenters. The number of hydrogen-bond acceptors (Lipinski definition) is 3. The number of thioether (sulfide) groups is 1. The first-order valence-electron chi connectivity index (χ1n) is 8.37. The molecule has 5 heteroatoms. The van der Waals surface area contributed by atoms with Gasteiger partial charge >= 0.3 is 0 Å². The van der Waals surface area contributed by atoms with Crippen LogP contribution in [-0.4, -0.2) is 15.7 Å². The van der Waals surface area contributed by atoms with E-state index in [1.807, 2.05) is 41.8 Å². The Morgan fingerprint density at radius 2 is 2.12 bits per heavy atom. The number of terminal acetylenes is 1. The molecule has 0 radical (unpaired) electrons. The Morgan fingerprint density at radius 1 is 1.31 bits per heavy atom. The quantitative estimate of drug-likeness (QED) is 0.477. The van der Waals surface area contributed by atoms with Crippen molar-refractivity contribution < 1.29 is 4.79 Å². The zero-order valence-electron chi connectivity index (χ0n) is 15.0. The molecule has 26 heavy (non-hydrogen) atoms. The normalized spacial score (nSPS) is 11.9. The third-order valence-electron chi connectivity index (χ3n) is 3.74. The van der Waals surface area contributed by atoms with Crippen molar-refractivity contribution in [3.05, 3.63) is 58.4 Å². The number of nitrogens with zero attached hydrogens (tertiary/aromatic N) is 2. The molecule has 0 fully saturated rings. The number of fused-ring (bicyclic) bond motifs is 1. The number of benzene rings is 2. The van der Waals surface area contributed by atoms with Crippen LogP contribution in [0.3, 0.4) is 0 Å². The average molecular weight is 381 g/mol. The Kier molecular flexibility index (Phi) is 5.65. The highest BCUT2D eigenvalue weighted by Gasteiger charge is 2.10. The number of amides is 1. The van der Waals surface area contributed by atoms with Gasteiger partial charge in [-0.15, -0.1) is 18.2 Å². The van der Waals surface area contributed by atoms with Crippen LogP contribution in [0, 0.1) is 19.3 Å². The molecule has 132 valence electrons. The average Bonchev–Trinajstić information content (AvgIpc) is 2.91. The third-order valence-corrected chi connectivity index (χ3v) is 5.78. The molecule has 3 rings (SSSR count). The van der Waals surface area contributed by atoms with Gasteiger partial charge in [0, 0.05) is 15.7 Å². The van der Waals surface area contributed by atoms with Crippen LogP contribution in [0.2, 0.25) is 0 Å². The molecule has 0 saturated carbocycles. The van der Waals surface area contributed by atoms with E-state index in [1.165, 1.54) is 16.9 Å². The lowest BCUT2D eigenvalue weighted by Gasteiger charge is -2.05. The van der Waals surface area contributed by atoms with E-state index >= 15 is 0 Å². The first kappa shape index (κ1) is 18.5. The minimum absolute atomic E-state index is 0.245. The van der Waals surface area contributed by atoms with Gasteiger partial charge in [0.15, 0.2) is 4.80 Å². The fourth-order valence-electron chi connectivity index (χ4n) is 2.64. The van der Waals surface area contributed by atoms with Crippen molar-refractivity contribution >= 4 is 39.2 Å². The van der Waals surface area contributed by atoms with Gasteiger partial charge in [-0.2, -0.15) is 4.99 Å². The SMILES string of the molecule is C#CCn1c(=NC(=O)c2cccc(SC(C)C)c2)sc2cc(C)ccc21. The Hall–Kier alpha value is -2.29. The fraction of sp³-hybridized carbons (Fsp3) is 0.238. The summed E-state index contributed by atoms with van der Waals surface area (Å²) in [4.78, 5) is 18.8. The van der Waals surface area contributed by atoms with Crippen LogP contribution < -0.4 is 4.80 Å². The lowest BCUT2D eigenvalue weighted by Crippen LogP contribution is -2.16. The van der Waals surface area contributed by atoms with Crippen molar-refractivity contribution in [2.24, 2.45) is 4.99 Å². The number of hydrogen-bond donors (Lipinski definition) is 0. The Balaban J connectivity index is 2.05. The molecule has 0 saturated heterocycles. The molecular formula is C21H20N2OS2. The van der Waals surface area contributed by atoms with E-state index in [0.29, 0.717) is 22.2 Å². The van der Waals surface area contributed by atoms with Crippen molar-refractivity contribution in [1.82, 2.24) is 4.57 Å².